The molecule has 5 nitrogen and oxygen atoms in total. The molecular weight excluding hydrogens is 436 g/mol. The summed E-state index contributed by atoms with van der Waals surface area (Å²) in [7, 11) is 0. The minimum Gasteiger partial charge on any atom is -0.550 e. The largest absolute Gasteiger partial charge is 2.00 e. The first kappa shape index (κ1) is 21.5. The van der Waals surface area contributed by atoms with Gasteiger partial charge in [0.15, 0.2) is 4.34 Å². The van der Waals surface area contributed by atoms with Crippen LogP contribution in [0.5, 0.6) is 0 Å². The van der Waals surface area contributed by atoms with Crippen molar-refractivity contribution in [2.45, 2.75) is 10.8 Å². The molecule has 0 radical (unpaired) electrons. The van der Waals surface area contributed by atoms with Crippen LogP contribution < -0.4 is 10.2 Å². The van der Waals surface area contributed by atoms with Crippen molar-refractivity contribution in [2.24, 2.45) is 11.8 Å². The Morgan fingerprint density at radius 1 is 0.963 bits per heavy atom. The van der Waals surface area contributed by atoms with Gasteiger partial charge < -0.3 is 19.8 Å². The van der Waals surface area contributed by atoms with Crippen molar-refractivity contribution in [3.05, 3.63) is 60.2 Å². The molecule has 1 aromatic heterocycles. The van der Waals surface area contributed by atoms with Crippen LogP contribution in [0.4, 0.5) is 0 Å². The molecule has 0 fully saturated rings. The van der Waals surface area contributed by atoms with Crippen LogP contribution >= 0.6 is 23.1 Å². The number of thioether (sulfide) groups is 1. The molecule has 27 heavy (non-hydrogen) atoms. The number of rotatable bonds is 8. The third-order valence-electron chi connectivity index (χ3n) is 4.05. The number of carboxylic acids is 2. The molecule has 1 heterocycles. The number of carbonyl (C=O) groups is 2. The summed E-state index contributed by atoms with van der Waals surface area (Å²) in [5.74, 6) is -5.04. The zero-order valence-corrected chi connectivity index (χ0v) is 19.0. The van der Waals surface area contributed by atoms with E-state index in [9.17, 15) is 19.8 Å². The zero-order valence-electron chi connectivity index (χ0n) is 14.4. The molecule has 3 rings (SSSR count). The average molecular weight is 451 g/mol. The van der Waals surface area contributed by atoms with Gasteiger partial charge in [-0.1, -0.05) is 54.2 Å². The summed E-state index contributed by atoms with van der Waals surface area (Å²) < 4.78 is 1.70. The maximum absolute atomic E-state index is 11.6. The Labute approximate surface area is 177 Å². The van der Waals surface area contributed by atoms with Crippen molar-refractivity contribution in [1.82, 2.24) is 4.98 Å². The van der Waals surface area contributed by atoms with Gasteiger partial charge in [0.1, 0.15) is 0 Å². The number of benzene rings is 2. The molecule has 3 aromatic rings. The van der Waals surface area contributed by atoms with Crippen molar-refractivity contribution in [1.29, 1.82) is 0 Å². The number of carbonyl (C=O) groups excluding carboxylic acids is 2. The number of carboxylic acid groups (broad SMARTS) is 2. The average Bonchev–Trinajstić information content (AvgIpc) is 3.04. The molecule has 0 saturated carbocycles. The minimum atomic E-state index is -1.39. The Hall–Kier alpha value is -1.76. The fourth-order valence-electron chi connectivity index (χ4n) is 2.68. The molecule has 2 aromatic carbocycles. The second-order valence-corrected chi connectivity index (χ2v) is 8.10. The van der Waals surface area contributed by atoms with Gasteiger partial charge in [-0.05, 0) is 24.1 Å². The molecule has 0 amide bonds. The first-order valence-corrected chi connectivity index (χ1v) is 9.79. The summed E-state index contributed by atoms with van der Waals surface area (Å²) in [6, 6.07) is 16.5. The number of aromatic nitrogens is 1. The number of hydrogen-bond acceptors (Lipinski definition) is 7. The van der Waals surface area contributed by atoms with E-state index in [1.807, 2.05) is 30.3 Å². The van der Waals surface area contributed by atoms with E-state index in [-0.39, 0.29) is 31.7 Å². The van der Waals surface area contributed by atoms with Crippen LogP contribution in [0.1, 0.15) is 5.56 Å². The Balaban J connectivity index is 0.00000261. The van der Waals surface area contributed by atoms with Gasteiger partial charge in [-0.25, -0.2) is 4.98 Å². The van der Waals surface area contributed by atoms with Crippen LogP contribution in [-0.4, -0.2) is 22.7 Å². The van der Waals surface area contributed by atoms with Crippen LogP contribution in [-0.2, 0) is 35.5 Å². The van der Waals surface area contributed by atoms with E-state index in [1.54, 1.807) is 24.3 Å². The smallest absolute Gasteiger partial charge is 0.550 e. The second kappa shape index (κ2) is 9.97. The summed E-state index contributed by atoms with van der Waals surface area (Å²) in [6.45, 7) is 0. The van der Waals surface area contributed by atoms with Crippen molar-refractivity contribution < 1.29 is 39.3 Å². The van der Waals surface area contributed by atoms with Crippen LogP contribution in [0.2, 0.25) is 0 Å². The van der Waals surface area contributed by atoms with E-state index in [2.05, 4.69) is 4.98 Å². The van der Waals surface area contributed by atoms with E-state index >= 15 is 0 Å². The molecule has 0 bridgehead atoms. The molecule has 0 saturated heterocycles. The van der Waals surface area contributed by atoms with E-state index in [1.165, 1.54) is 23.1 Å². The fraction of sp³-hybridized carbons (Fsp3) is 0.211. The van der Waals surface area contributed by atoms with Gasteiger partial charge in [0.05, 0.1) is 10.2 Å². The standard InChI is InChI=1S/C19H17NO4S2.Zn/c21-17(22)13(10-12-6-2-1-3-7-12)14(18(23)24)11-25-19-20-15-8-4-5-9-16(15)26-19;/h1-9,13-14H,10-11H2,(H,21,22)(H,23,24);/q;+2/p-2. The first-order valence-electron chi connectivity index (χ1n) is 7.98. The maximum atomic E-state index is 11.6. The van der Waals surface area contributed by atoms with Crippen LogP contribution in [0.15, 0.2) is 58.9 Å². The molecule has 0 aliphatic heterocycles. The summed E-state index contributed by atoms with van der Waals surface area (Å²) in [6.07, 6.45) is 0.0855. The Kier molecular flexibility index (Phi) is 7.96. The normalized spacial score (nSPS) is 12.9. The summed E-state index contributed by atoms with van der Waals surface area (Å²) in [5, 5.41) is 23.2. The summed E-state index contributed by atoms with van der Waals surface area (Å²) >= 11 is 2.68. The van der Waals surface area contributed by atoms with Gasteiger partial charge in [-0.2, -0.15) is 0 Å². The van der Waals surface area contributed by atoms with E-state index in [4.69, 9.17) is 0 Å². The number of para-hydroxylation sites is 1. The van der Waals surface area contributed by atoms with Gasteiger partial charge >= 0.3 is 19.5 Å². The Bertz CT molecular complexity index is 883. The number of thiazole rings is 1. The van der Waals surface area contributed by atoms with E-state index < -0.39 is 23.8 Å². The number of aliphatic carboxylic acids is 2. The van der Waals surface area contributed by atoms with Gasteiger partial charge in [-0.3, -0.25) is 0 Å². The van der Waals surface area contributed by atoms with Gasteiger partial charge in [0, 0.05) is 29.5 Å². The molecule has 0 N–H and O–H groups in total. The topological polar surface area (TPSA) is 93.2 Å². The number of hydrogen-bond donors (Lipinski definition) is 0. The number of nitrogens with zero attached hydrogens (tertiary/aromatic N) is 1. The van der Waals surface area contributed by atoms with Crippen molar-refractivity contribution >= 4 is 45.3 Å². The predicted molar refractivity (Wildman–Crippen MR) is 97.5 cm³/mol. The van der Waals surface area contributed by atoms with Crippen molar-refractivity contribution in [2.75, 3.05) is 5.75 Å². The second-order valence-electron chi connectivity index (χ2n) is 5.80. The fourth-order valence-corrected chi connectivity index (χ4v) is 4.94. The Morgan fingerprint density at radius 3 is 2.22 bits per heavy atom. The van der Waals surface area contributed by atoms with Crippen LogP contribution in [0, 0.1) is 11.8 Å². The van der Waals surface area contributed by atoms with E-state index in [0.717, 1.165) is 15.8 Å². The van der Waals surface area contributed by atoms with Gasteiger partial charge in [-0.15, -0.1) is 11.3 Å². The SMILES string of the molecule is O=C([O-])C(CSc1nc2ccccc2s1)C(Cc1ccccc1)C(=O)[O-].[Zn+2]. The molecule has 0 spiro atoms. The molecule has 2 unspecified atom stereocenters. The third kappa shape index (κ3) is 5.61. The zero-order chi connectivity index (χ0) is 18.5. The molecular formula is C19H15NO4S2Zn. The molecule has 0 aliphatic carbocycles. The van der Waals surface area contributed by atoms with E-state index in [0.29, 0.717) is 4.34 Å². The van der Waals surface area contributed by atoms with Crippen molar-refractivity contribution in [3.63, 3.8) is 0 Å². The number of fused-ring (bicyclic) bond motifs is 1. The molecule has 8 heteroatoms. The minimum absolute atomic E-state index is 0. The molecule has 0 aliphatic rings. The van der Waals surface area contributed by atoms with Crippen LogP contribution in [0.25, 0.3) is 10.2 Å². The monoisotopic (exact) mass is 449 g/mol. The van der Waals surface area contributed by atoms with Crippen LogP contribution in [0.3, 0.4) is 0 Å². The third-order valence-corrected chi connectivity index (χ3v) is 6.35. The first-order chi connectivity index (χ1) is 12.5. The summed E-state index contributed by atoms with van der Waals surface area (Å²) in [4.78, 5) is 27.6. The Morgan fingerprint density at radius 2 is 1.59 bits per heavy atom. The van der Waals surface area contributed by atoms with Gasteiger partial charge in [0.25, 0.3) is 0 Å². The summed E-state index contributed by atoms with van der Waals surface area (Å²) in [5.41, 5.74) is 1.59. The maximum Gasteiger partial charge on any atom is 2.00 e. The molecule has 2 atom stereocenters. The van der Waals surface area contributed by atoms with Gasteiger partial charge in [0.2, 0.25) is 0 Å². The molecule has 134 valence electrons. The quantitative estimate of drug-likeness (QED) is 0.380. The predicted octanol–water partition coefficient (Wildman–Crippen LogP) is 1.36. The van der Waals surface area contributed by atoms with Crippen molar-refractivity contribution in [3.8, 4) is 0 Å².